The van der Waals surface area contributed by atoms with Crippen molar-refractivity contribution in [2.24, 2.45) is 11.7 Å². The fourth-order valence-corrected chi connectivity index (χ4v) is 1.15. The summed E-state index contributed by atoms with van der Waals surface area (Å²) in [5, 5.41) is 0. The Morgan fingerprint density at radius 1 is 1.17 bits per heavy atom. The Kier molecular flexibility index (Phi) is 10.8. The minimum absolute atomic E-state index is 0.343. The molecule has 0 rings (SSSR count). The van der Waals surface area contributed by atoms with Crippen molar-refractivity contribution in [3.63, 3.8) is 0 Å². The minimum atomic E-state index is 0.343. The minimum Gasteiger partial charge on any atom is -0.327 e. The molecule has 0 bridgehead atoms. The van der Waals surface area contributed by atoms with E-state index in [-0.39, 0.29) is 0 Å². The maximum atomic E-state index is 5.83. The molecule has 2 N–H and O–H groups in total. The highest BCUT2D eigenvalue weighted by atomic mass is 15.1. The maximum Gasteiger partial charge on any atom is 0.0170 e. The summed E-state index contributed by atoms with van der Waals surface area (Å²) in [6, 6.07) is 0.343. The molecule has 0 radical (unpaired) electrons. The smallest absolute Gasteiger partial charge is 0.0170 e. The van der Waals surface area contributed by atoms with E-state index < -0.39 is 0 Å². The maximum absolute atomic E-state index is 5.83. The second kappa shape index (κ2) is 9.01. The molecular formula is C10H26N2. The molecule has 0 aliphatic rings. The van der Waals surface area contributed by atoms with Crippen LogP contribution in [0, 0.1) is 5.92 Å². The van der Waals surface area contributed by atoms with Crippen molar-refractivity contribution in [2.75, 3.05) is 20.6 Å². The van der Waals surface area contributed by atoms with Crippen LogP contribution in [0.5, 0.6) is 0 Å². The Hall–Kier alpha value is -0.0800. The van der Waals surface area contributed by atoms with Gasteiger partial charge in [-0.25, -0.2) is 0 Å². The first-order valence-electron chi connectivity index (χ1n) is 4.92. The van der Waals surface area contributed by atoms with Crippen LogP contribution in [-0.4, -0.2) is 31.6 Å². The first kappa shape index (κ1) is 14.4. The van der Waals surface area contributed by atoms with Crippen LogP contribution in [0.25, 0.3) is 0 Å². The van der Waals surface area contributed by atoms with Crippen molar-refractivity contribution in [1.29, 1.82) is 0 Å². The lowest BCUT2D eigenvalue weighted by molar-refractivity contribution is 0.344. The van der Waals surface area contributed by atoms with Crippen molar-refractivity contribution < 1.29 is 0 Å². The number of hydrogen-bond acceptors (Lipinski definition) is 2. The number of nitrogens with two attached hydrogens (primary N) is 1. The summed E-state index contributed by atoms with van der Waals surface area (Å²) in [5.41, 5.74) is 5.83. The largest absolute Gasteiger partial charge is 0.327 e. The van der Waals surface area contributed by atoms with Gasteiger partial charge in [-0.2, -0.15) is 0 Å². The first-order valence-corrected chi connectivity index (χ1v) is 4.92. The summed E-state index contributed by atoms with van der Waals surface area (Å²) in [6.07, 6.45) is 1.12. The molecule has 0 unspecified atom stereocenters. The van der Waals surface area contributed by atoms with Gasteiger partial charge in [0.25, 0.3) is 0 Å². The molecule has 0 amide bonds. The highest BCUT2D eigenvalue weighted by Gasteiger charge is 2.05. The normalized spacial score (nSPS) is 12.8. The van der Waals surface area contributed by atoms with Crippen molar-refractivity contribution in [1.82, 2.24) is 4.90 Å². The third-order valence-electron chi connectivity index (χ3n) is 1.37. The fraction of sp³-hybridized carbons (Fsp3) is 1.00. The average Bonchev–Trinajstić information content (AvgIpc) is 1.87. The van der Waals surface area contributed by atoms with Crippen LogP contribution < -0.4 is 5.73 Å². The lowest BCUT2D eigenvalue weighted by Crippen LogP contribution is -2.34. The fourth-order valence-electron chi connectivity index (χ4n) is 1.15. The quantitative estimate of drug-likeness (QED) is 0.706. The summed E-state index contributed by atoms with van der Waals surface area (Å²) in [5.74, 6) is 0.718. The lowest BCUT2D eigenvalue weighted by Gasteiger charge is -2.18. The molecule has 0 heterocycles. The van der Waals surface area contributed by atoms with Gasteiger partial charge in [0.1, 0.15) is 0 Å². The van der Waals surface area contributed by atoms with Crippen LogP contribution in [0.1, 0.15) is 34.1 Å². The molecule has 0 spiro atoms. The Morgan fingerprint density at radius 3 is 1.83 bits per heavy atom. The summed E-state index contributed by atoms with van der Waals surface area (Å²) < 4.78 is 0. The highest BCUT2D eigenvalue weighted by Crippen LogP contribution is 2.02. The monoisotopic (exact) mass is 174 g/mol. The summed E-state index contributed by atoms with van der Waals surface area (Å²) in [6.45, 7) is 9.41. The van der Waals surface area contributed by atoms with Crippen LogP contribution in [0.15, 0.2) is 0 Å². The van der Waals surface area contributed by atoms with Crippen molar-refractivity contribution >= 4 is 0 Å². The zero-order valence-corrected chi connectivity index (χ0v) is 9.59. The molecule has 0 aromatic rings. The zero-order chi connectivity index (χ0) is 10.1. The Morgan fingerprint density at radius 2 is 1.58 bits per heavy atom. The molecule has 0 saturated heterocycles. The van der Waals surface area contributed by atoms with Gasteiger partial charge in [-0.15, -0.1) is 0 Å². The molecule has 0 aliphatic heterocycles. The molecule has 0 saturated carbocycles. The predicted octanol–water partition coefficient (Wildman–Crippen LogP) is 1.95. The molecule has 76 valence electrons. The van der Waals surface area contributed by atoms with Gasteiger partial charge in [0.05, 0.1) is 0 Å². The lowest BCUT2D eigenvalue weighted by atomic mass is 10.0. The van der Waals surface area contributed by atoms with Crippen LogP contribution in [0.3, 0.4) is 0 Å². The molecule has 0 aromatic heterocycles. The van der Waals surface area contributed by atoms with E-state index in [9.17, 15) is 0 Å². The van der Waals surface area contributed by atoms with E-state index in [1.807, 2.05) is 13.8 Å². The number of nitrogens with zero attached hydrogens (tertiary/aromatic N) is 1. The second-order valence-electron chi connectivity index (χ2n) is 3.65. The molecule has 2 heteroatoms. The molecule has 2 nitrogen and oxygen atoms in total. The Balaban J connectivity index is 0. The van der Waals surface area contributed by atoms with E-state index in [1.54, 1.807) is 0 Å². The summed E-state index contributed by atoms with van der Waals surface area (Å²) >= 11 is 0. The summed E-state index contributed by atoms with van der Waals surface area (Å²) in [4.78, 5) is 2.13. The SMILES string of the molecule is CC.CC(C)C[C@H](N)CN(C)C. The van der Waals surface area contributed by atoms with E-state index in [0.29, 0.717) is 6.04 Å². The van der Waals surface area contributed by atoms with Crippen LogP contribution in [0.2, 0.25) is 0 Å². The standard InChI is InChI=1S/C8H20N2.C2H6/c1-7(2)5-8(9)6-10(3)4;1-2/h7-8H,5-6,9H2,1-4H3;1-2H3/t8-;/m0./s1. The van der Waals surface area contributed by atoms with Gasteiger partial charge in [0.2, 0.25) is 0 Å². The molecule has 0 aliphatic carbocycles. The van der Waals surface area contributed by atoms with Crippen molar-refractivity contribution in [3.8, 4) is 0 Å². The van der Waals surface area contributed by atoms with Gasteiger partial charge >= 0.3 is 0 Å². The van der Waals surface area contributed by atoms with E-state index >= 15 is 0 Å². The average molecular weight is 174 g/mol. The van der Waals surface area contributed by atoms with E-state index in [1.165, 1.54) is 0 Å². The third kappa shape index (κ3) is 12.6. The van der Waals surface area contributed by atoms with E-state index in [2.05, 4.69) is 32.8 Å². The second-order valence-corrected chi connectivity index (χ2v) is 3.65. The van der Waals surface area contributed by atoms with Crippen LogP contribution in [-0.2, 0) is 0 Å². The van der Waals surface area contributed by atoms with Gasteiger partial charge in [0.15, 0.2) is 0 Å². The number of likely N-dealkylation sites (N-methyl/N-ethyl adjacent to an activating group) is 1. The molecule has 0 fully saturated rings. The van der Waals surface area contributed by atoms with Gasteiger partial charge < -0.3 is 10.6 Å². The topological polar surface area (TPSA) is 29.3 Å². The van der Waals surface area contributed by atoms with E-state index in [4.69, 9.17) is 5.73 Å². The van der Waals surface area contributed by atoms with Gasteiger partial charge in [-0.3, -0.25) is 0 Å². The third-order valence-corrected chi connectivity index (χ3v) is 1.37. The summed E-state index contributed by atoms with van der Waals surface area (Å²) in [7, 11) is 4.11. The predicted molar refractivity (Wildman–Crippen MR) is 57.3 cm³/mol. The van der Waals surface area contributed by atoms with Gasteiger partial charge in [0, 0.05) is 12.6 Å². The molecular weight excluding hydrogens is 148 g/mol. The van der Waals surface area contributed by atoms with Gasteiger partial charge in [-0.1, -0.05) is 27.7 Å². The number of hydrogen-bond donors (Lipinski definition) is 1. The molecule has 0 aromatic carbocycles. The molecule has 12 heavy (non-hydrogen) atoms. The van der Waals surface area contributed by atoms with Crippen molar-refractivity contribution in [3.05, 3.63) is 0 Å². The van der Waals surface area contributed by atoms with Crippen molar-refractivity contribution in [2.45, 2.75) is 40.2 Å². The van der Waals surface area contributed by atoms with Crippen LogP contribution >= 0.6 is 0 Å². The Bertz CT molecular complexity index is 69.9. The zero-order valence-electron chi connectivity index (χ0n) is 9.59. The van der Waals surface area contributed by atoms with Gasteiger partial charge in [-0.05, 0) is 26.4 Å². The Labute approximate surface area is 78.1 Å². The van der Waals surface area contributed by atoms with Crippen LogP contribution in [0.4, 0.5) is 0 Å². The number of rotatable bonds is 4. The van der Waals surface area contributed by atoms with E-state index in [0.717, 1.165) is 18.9 Å². The first-order chi connectivity index (χ1) is 5.52. The highest BCUT2D eigenvalue weighted by molar-refractivity contribution is 4.65. The molecule has 1 atom stereocenters.